The second kappa shape index (κ2) is 5.42. The molecule has 18 heavy (non-hydrogen) atoms. The summed E-state index contributed by atoms with van der Waals surface area (Å²) in [6.07, 6.45) is 3.93. The highest BCUT2D eigenvalue weighted by molar-refractivity contribution is 7.15. The van der Waals surface area contributed by atoms with Crippen LogP contribution in [0.5, 0.6) is 0 Å². The van der Waals surface area contributed by atoms with Crippen LogP contribution in [0.4, 0.5) is 0 Å². The van der Waals surface area contributed by atoms with Crippen molar-refractivity contribution >= 4 is 46.4 Å². The molecule has 0 spiro atoms. The Labute approximate surface area is 114 Å². The molecule has 0 atom stereocenters. The first-order valence-corrected chi connectivity index (χ1v) is 7.09. The van der Waals surface area contributed by atoms with Crippen LogP contribution in [0.15, 0.2) is 24.3 Å². The summed E-state index contributed by atoms with van der Waals surface area (Å²) >= 11 is 2.95. The third-order valence-corrected chi connectivity index (χ3v) is 4.66. The molecule has 2 nitrogen and oxygen atoms in total. The number of Topliss-reactive ketones (excluding diaryl/α,β-unsaturated/α-hetero) is 2. The molecule has 2 rings (SSSR count). The van der Waals surface area contributed by atoms with E-state index in [1.165, 1.54) is 22.7 Å². The zero-order valence-electron chi connectivity index (χ0n) is 10.1. The fourth-order valence-electron chi connectivity index (χ4n) is 1.43. The third-order valence-electron chi connectivity index (χ3n) is 2.36. The predicted molar refractivity (Wildman–Crippen MR) is 77.6 cm³/mol. The van der Waals surface area contributed by atoms with Crippen LogP contribution < -0.4 is 0 Å². The van der Waals surface area contributed by atoms with E-state index in [0.29, 0.717) is 0 Å². The van der Waals surface area contributed by atoms with E-state index in [1.54, 1.807) is 13.8 Å². The number of rotatable bonds is 4. The van der Waals surface area contributed by atoms with Gasteiger partial charge in [-0.1, -0.05) is 0 Å². The monoisotopic (exact) mass is 276 g/mol. The Morgan fingerprint density at radius 2 is 1.22 bits per heavy atom. The van der Waals surface area contributed by atoms with Gasteiger partial charge in [-0.2, -0.15) is 0 Å². The van der Waals surface area contributed by atoms with Crippen molar-refractivity contribution in [3.8, 4) is 0 Å². The minimum absolute atomic E-state index is 0.0923. The number of ketones is 2. The van der Waals surface area contributed by atoms with Crippen molar-refractivity contribution in [3.05, 3.63) is 43.8 Å². The maximum Gasteiger partial charge on any atom is 0.169 e. The van der Waals surface area contributed by atoms with Crippen molar-refractivity contribution in [1.82, 2.24) is 0 Å². The van der Waals surface area contributed by atoms with Gasteiger partial charge in [-0.25, -0.2) is 0 Å². The number of thiophene rings is 2. The van der Waals surface area contributed by atoms with Crippen molar-refractivity contribution in [3.63, 3.8) is 0 Å². The Bertz CT molecular complexity index is 563. The lowest BCUT2D eigenvalue weighted by molar-refractivity contribution is 0.101. The van der Waals surface area contributed by atoms with Gasteiger partial charge < -0.3 is 0 Å². The Hall–Kier alpha value is -1.52. The summed E-state index contributed by atoms with van der Waals surface area (Å²) in [5.74, 6) is 0.185. The van der Waals surface area contributed by atoms with Crippen LogP contribution in [0.25, 0.3) is 12.2 Å². The summed E-state index contributed by atoms with van der Waals surface area (Å²) in [6, 6.07) is 7.53. The van der Waals surface area contributed by atoms with E-state index in [2.05, 4.69) is 0 Å². The highest BCUT2D eigenvalue weighted by Gasteiger charge is 2.03. The van der Waals surface area contributed by atoms with Gasteiger partial charge >= 0.3 is 0 Å². The normalized spacial score (nSPS) is 11.0. The third kappa shape index (κ3) is 3.03. The van der Waals surface area contributed by atoms with Crippen molar-refractivity contribution in [1.29, 1.82) is 0 Å². The molecule has 0 bridgehead atoms. The van der Waals surface area contributed by atoms with Gasteiger partial charge in [0.2, 0.25) is 0 Å². The van der Waals surface area contributed by atoms with Gasteiger partial charge in [-0.15, -0.1) is 22.7 Å². The molecule has 0 amide bonds. The van der Waals surface area contributed by atoms with Crippen LogP contribution in [0.1, 0.15) is 42.9 Å². The summed E-state index contributed by atoms with van der Waals surface area (Å²) < 4.78 is 0. The molecule has 2 heterocycles. The second-order valence-electron chi connectivity index (χ2n) is 3.85. The summed E-state index contributed by atoms with van der Waals surface area (Å²) in [5.41, 5.74) is 0. The molecule has 0 aromatic carbocycles. The molecule has 2 aromatic heterocycles. The van der Waals surface area contributed by atoms with E-state index < -0.39 is 0 Å². The summed E-state index contributed by atoms with van der Waals surface area (Å²) in [4.78, 5) is 25.9. The zero-order valence-corrected chi connectivity index (χ0v) is 11.7. The summed E-state index contributed by atoms with van der Waals surface area (Å²) in [7, 11) is 0. The molecule has 0 radical (unpaired) electrons. The fourth-order valence-corrected chi connectivity index (χ4v) is 3.04. The van der Waals surface area contributed by atoms with Crippen molar-refractivity contribution in [2.24, 2.45) is 0 Å². The minimum Gasteiger partial charge on any atom is -0.294 e. The lowest BCUT2D eigenvalue weighted by Crippen LogP contribution is -1.83. The zero-order chi connectivity index (χ0) is 13.1. The van der Waals surface area contributed by atoms with Gasteiger partial charge in [0, 0.05) is 9.75 Å². The van der Waals surface area contributed by atoms with Crippen LogP contribution in [0.2, 0.25) is 0 Å². The first-order chi connectivity index (χ1) is 8.56. The molecule has 2 aromatic rings. The summed E-state index contributed by atoms with van der Waals surface area (Å²) in [5, 5.41) is 0. The van der Waals surface area contributed by atoms with Gasteiger partial charge in [0.1, 0.15) is 0 Å². The Morgan fingerprint density at radius 3 is 1.50 bits per heavy atom. The maximum atomic E-state index is 11.2. The first kappa shape index (κ1) is 12.9. The van der Waals surface area contributed by atoms with Gasteiger partial charge in [-0.3, -0.25) is 9.59 Å². The topological polar surface area (TPSA) is 34.1 Å². The largest absolute Gasteiger partial charge is 0.294 e. The van der Waals surface area contributed by atoms with E-state index >= 15 is 0 Å². The fraction of sp³-hybridized carbons (Fsp3) is 0.143. The lowest BCUT2D eigenvalue weighted by Gasteiger charge is -1.86. The quantitative estimate of drug-likeness (QED) is 0.776. The van der Waals surface area contributed by atoms with Crippen molar-refractivity contribution in [2.75, 3.05) is 0 Å². The molecule has 92 valence electrons. The van der Waals surface area contributed by atoms with Gasteiger partial charge in [0.05, 0.1) is 9.75 Å². The average Bonchev–Trinajstić information content (AvgIpc) is 2.95. The Balaban J connectivity index is 2.13. The number of hydrogen-bond acceptors (Lipinski definition) is 4. The van der Waals surface area contributed by atoms with Crippen LogP contribution in [-0.2, 0) is 0 Å². The standard InChI is InChI=1S/C14H12O2S2/c1-9(15)13-7-5-11(17-13)3-4-12-6-8-14(18-12)10(2)16/h3-8H,1-2H3/b4-3+. The van der Waals surface area contributed by atoms with Gasteiger partial charge in [-0.05, 0) is 50.3 Å². The van der Waals surface area contributed by atoms with Crippen molar-refractivity contribution in [2.45, 2.75) is 13.8 Å². The van der Waals surface area contributed by atoms with Gasteiger partial charge in [0.25, 0.3) is 0 Å². The molecular weight excluding hydrogens is 264 g/mol. The van der Waals surface area contributed by atoms with E-state index in [0.717, 1.165) is 19.5 Å². The van der Waals surface area contributed by atoms with E-state index in [9.17, 15) is 9.59 Å². The Morgan fingerprint density at radius 1 is 0.833 bits per heavy atom. The maximum absolute atomic E-state index is 11.2. The number of carbonyl (C=O) groups is 2. The van der Waals surface area contributed by atoms with E-state index in [1.807, 2.05) is 36.4 Å². The first-order valence-electron chi connectivity index (χ1n) is 5.46. The molecular formula is C14H12O2S2. The molecule has 0 aliphatic heterocycles. The van der Waals surface area contributed by atoms with E-state index in [4.69, 9.17) is 0 Å². The molecule has 4 heteroatoms. The SMILES string of the molecule is CC(=O)c1ccc(/C=C/c2ccc(C(C)=O)s2)s1. The predicted octanol–water partition coefficient (Wildman–Crippen LogP) is 4.39. The smallest absolute Gasteiger partial charge is 0.169 e. The van der Waals surface area contributed by atoms with E-state index in [-0.39, 0.29) is 11.6 Å². The van der Waals surface area contributed by atoms with Crippen molar-refractivity contribution < 1.29 is 9.59 Å². The lowest BCUT2D eigenvalue weighted by atomic mass is 10.3. The summed E-state index contributed by atoms with van der Waals surface area (Å²) in [6.45, 7) is 3.13. The highest BCUT2D eigenvalue weighted by atomic mass is 32.1. The molecule has 0 saturated carbocycles. The van der Waals surface area contributed by atoms with Crippen LogP contribution in [0, 0.1) is 0 Å². The molecule has 0 fully saturated rings. The van der Waals surface area contributed by atoms with Crippen LogP contribution >= 0.6 is 22.7 Å². The molecule has 0 unspecified atom stereocenters. The molecule has 0 N–H and O–H groups in total. The van der Waals surface area contributed by atoms with Crippen LogP contribution in [-0.4, -0.2) is 11.6 Å². The average molecular weight is 276 g/mol. The number of hydrogen-bond donors (Lipinski definition) is 0. The molecule has 0 aliphatic carbocycles. The van der Waals surface area contributed by atoms with Gasteiger partial charge in [0.15, 0.2) is 11.6 Å². The highest BCUT2D eigenvalue weighted by Crippen LogP contribution is 2.22. The Kier molecular flexibility index (Phi) is 3.89. The second-order valence-corrected chi connectivity index (χ2v) is 6.08. The minimum atomic E-state index is 0.0923. The molecule has 0 aliphatic rings. The number of carbonyl (C=O) groups excluding carboxylic acids is 2. The van der Waals surface area contributed by atoms with Crippen LogP contribution in [0.3, 0.4) is 0 Å². The molecule has 0 saturated heterocycles.